The van der Waals surface area contributed by atoms with Gasteiger partial charge in [-0.25, -0.2) is 0 Å². The molecule has 2 aromatic rings. The van der Waals surface area contributed by atoms with Gasteiger partial charge in [0, 0.05) is 25.0 Å². The number of aliphatic carboxylic acids is 1. The summed E-state index contributed by atoms with van der Waals surface area (Å²) in [7, 11) is 0. The molecule has 0 unspecified atom stereocenters. The first-order chi connectivity index (χ1) is 13.5. The number of hydrogen-bond donors (Lipinski definition) is 2. The van der Waals surface area contributed by atoms with Gasteiger partial charge in [0.1, 0.15) is 5.41 Å². The first-order valence-electron chi connectivity index (χ1n) is 9.64. The second-order valence-electron chi connectivity index (χ2n) is 7.42. The number of carbonyl (C=O) groups is 2. The van der Waals surface area contributed by atoms with E-state index in [-0.39, 0.29) is 25.3 Å². The molecule has 6 nitrogen and oxygen atoms in total. The van der Waals surface area contributed by atoms with Gasteiger partial charge in [-0.15, -0.1) is 0 Å². The number of aryl methyl sites for hydroxylation is 1. The molecule has 0 aliphatic carbocycles. The Kier molecular flexibility index (Phi) is 6.41. The van der Waals surface area contributed by atoms with E-state index in [0.29, 0.717) is 25.1 Å². The summed E-state index contributed by atoms with van der Waals surface area (Å²) in [5, 5.41) is 20.5. The maximum Gasteiger partial charge on any atom is 0.314 e. The summed E-state index contributed by atoms with van der Waals surface area (Å²) >= 11 is 0. The van der Waals surface area contributed by atoms with Gasteiger partial charge in [0.25, 0.3) is 0 Å². The average molecular weight is 382 g/mol. The SMILES string of the molecule is O=C(Cc1ccccn1)N1CC[C@@H](O)[C@](CCCc2ccccc2)(C(=O)O)C1. The molecule has 1 saturated heterocycles. The zero-order valence-corrected chi connectivity index (χ0v) is 15.8. The van der Waals surface area contributed by atoms with Crippen molar-refractivity contribution in [1.82, 2.24) is 9.88 Å². The summed E-state index contributed by atoms with van der Waals surface area (Å²) in [5.41, 5.74) is 0.465. The number of hydrogen-bond acceptors (Lipinski definition) is 4. The van der Waals surface area contributed by atoms with Gasteiger partial charge in [-0.05, 0) is 43.4 Å². The lowest BCUT2D eigenvalue weighted by molar-refractivity contribution is -0.166. The van der Waals surface area contributed by atoms with Crippen LogP contribution in [0, 0.1) is 5.41 Å². The van der Waals surface area contributed by atoms with Gasteiger partial charge >= 0.3 is 5.97 Å². The summed E-state index contributed by atoms with van der Waals surface area (Å²) in [6.45, 7) is 0.393. The number of aliphatic hydroxyl groups excluding tert-OH is 1. The van der Waals surface area contributed by atoms with E-state index in [1.54, 1.807) is 23.2 Å². The predicted octanol–water partition coefficient (Wildman–Crippen LogP) is 2.31. The quantitative estimate of drug-likeness (QED) is 0.767. The maximum atomic E-state index is 12.7. The maximum absolute atomic E-state index is 12.7. The summed E-state index contributed by atoms with van der Waals surface area (Å²) in [4.78, 5) is 30.6. The molecule has 1 aromatic heterocycles. The molecule has 0 bridgehead atoms. The topological polar surface area (TPSA) is 90.7 Å². The van der Waals surface area contributed by atoms with Crippen LogP contribution in [0.1, 0.15) is 30.5 Å². The Bertz CT molecular complexity index is 797. The number of pyridine rings is 1. The Morgan fingerprint density at radius 1 is 1.14 bits per heavy atom. The summed E-state index contributed by atoms with van der Waals surface area (Å²) in [6.07, 6.45) is 2.78. The van der Waals surface area contributed by atoms with Gasteiger partial charge in [0.05, 0.1) is 12.5 Å². The monoisotopic (exact) mass is 382 g/mol. The van der Waals surface area contributed by atoms with E-state index in [0.717, 1.165) is 12.0 Å². The molecule has 1 aliphatic rings. The van der Waals surface area contributed by atoms with E-state index in [2.05, 4.69) is 4.98 Å². The highest BCUT2D eigenvalue weighted by Gasteiger charge is 2.49. The Labute approximate surface area is 164 Å². The van der Waals surface area contributed by atoms with Crippen LogP contribution < -0.4 is 0 Å². The van der Waals surface area contributed by atoms with Gasteiger partial charge in [-0.2, -0.15) is 0 Å². The fraction of sp³-hybridized carbons (Fsp3) is 0.409. The van der Waals surface area contributed by atoms with Crippen LogP contribution in [0.5, 0.6) is 0 Å². The third-order valence-electron chi connectivity index (χ3n) is 5.55. The van der Waals surface area contributed by atoms with Crippen LogP contribution in [0.4, 0.5) is 0 Å². The molecule has 2 heterocycles. The minimum Gasteiger partial charge on any atom is -0.481 e. The fourth-order valence-corrected chi connectivity index (χ4v) is 3.88. The number of likely N-dealkylation sites (tertiary alicyclic amines) is 1. The van der Waals surface area contributed by atoms with Crippen LogP contribution in [0.15, 0.2) is 54.7 Å². The van der Waals surface area contributed by atoms with Gasteiger partial charge < -0.3 is 15.1 Å². The Balaban J connectivity index is 1.68. The number of carboxylic acids is 1. The molecule has 1 aliphatic heterocycles. The number of benzene rings is 1. The molecular formula is C22H26N2O4. The summed E-state index contributed by atoms with van der Waals surface area (Å²) < 4.78 is 0. The molecule has 1 amide bonds. The minimum atomic E-state index is -1.33. The smallest absolute Gasteiger partial charge is 0.314 e. The number of carboxylic acid groups (broad SMARTS) is 1. The number of nitrogens with zero attached hydrogens (tertiary/aromatic N) is 2. The summed E-state index contributed by atoms with van der Waals surface area (Å²) in [6, 6.07) is 15.2. The zero-order valence-electron chi connectivity index (χ0n) is 15.8. The van der Waals surface area contributed by atoms with Crippen LogP contribution in [-0.2, 0) is 22.4 Å². The number of piperidine rings is 1. The molecular weight excluding hydrogens is 356 g/mol. The minimum absolute atomic E-state index is 0.0317. The third-order valence-corrected chi connectivity index (χ3v) is 5.55. The van der Waals surface area contributed by atoms with Crippen LogP contribution in [-0.4, -0.2) is 51.2 Å². The highest BCUT2D eigenvalue weighted by atomic mass is 16.4. The van der Waals surface area contributed by atoms with Gasteiger partial charge in [-0.3, -0.25) is 14.6 Å². The van der Waals surface area contributed by atoms with E-state index in [9.17, 15) is 19.8 Å². The second kappa shape index (κ2) is 8.97. The van der Waals surface area contributed by atoms with Crippen molar-refractivity contribution in [2.75, 3.05) is 13.1 Å². The van der Waals surface area contributed by atoms with E-state index >= 15 is 0 Å². The molecule has 28 heavy (non-hydrogen) atoms. The van der Waals surface area contributed by atoms with Crippen molar-refractivity contribution in [2.24, 2.45) is 5.41 Å². The van der Waals surface area contributed by atoms with Crippen LogP contribution in [0.2, 0.25) is 0 Å². The van der Waals surface area contributed by atoms with Crippen molar-refractivity contribution in [3.8, 4) is 0 Å². The molecule has 1 aromatic carbocycles. The normalized spacial score (nSPS) is 22.0. The van der Waals surface area contributed by atoms with Gasteiger partial charge in [0.15, 0.2) is 0 Å². The van der Waals surface area contributed by atoms with Crippen molar-refractivity contribution in [3.63, 3.8) is 0 Å². The van der Waals surface area contributed by atoms with Crippen molar-refractivity contribution in [1.29, 1.82) is 0 Å². The number of aromatic nitrogens is 1. The lowest BCUT2D eigenvalue weighted by Crippen LogP contribution is -2.57. The molecule has 0 saturated carbocycles. The van der Waals surface area contributed by atoms with Crippen LogP contribution in [0.25, 0.3) is 0 Å². The first-order valence-corrected chi connectivity index (χ1v) is 9.64. The lowest BCUT2D eigenvalue weighted by Gasteiger charge is -2.43. The number of amides is 1. The van der Waals surface area contributed by atoms with Crippen molar-refractivity contribution in [2.45, 2.75) is 38.2 Å². The second-order valence-corrected chi connectivity index (χ2v) is 7.42. The van der Waals surface area contributed by atoms with Gasteiger partial charge in [0.2, 0.25) is 5.91 Å². The molecule has 0 spiro atoms. The summed E-state index contributed by atoms with van der Waals surface area (Å²) in [5.74, 6) is -1.19. The zero-order chi connectivity index (χ0) is 20.0. The molecule has 148 valence electrons. The Hall–Kier alpha value is -2.73. The fourth-order valence-electron chi connectivity index (χ4n) is 3.88. The molecule has 3 rings (SSSR count). The van der Waals surface area contributed by atoms with Gasteiger partial charge in [-0.1, -0.05) is 36.4 Å². The highest BCUT2D eigenvalue weighted by molar-refractivity contribution is 5.81. The van der Waals surface area contributed by atoms with E-state index in [1.165, 1.54) is 0 Å². The lowest BCUT2D eigenvalue weighted by atomic mass is 9.73. The Morgan fingerprint density at radius 3 is 2.57 bits per heavy atom. The largest absolute Gasteiger partial charge is 0.481 e. The van der Waals surface area contributed by atoms with E-state index in [1.807, 2.05) is 36.4 Å². The standard InChI is InChI=1S/C22H26N2O4/c25-19-11-14-24(20(26)15-18-10-4-5-13-23-18)16-22(19,21(27)28)12-6-9-17-7-2-1-3-8-17/h1-5,7-8,10,13,19,25H,6,9,11-12,14-16H2,(H,27,28)/t19-,22-/m1/s1. The van der Waals surface area contributed by atoms with E-state index in [4.69, 9.17) is 0 Å². The Morgan fingerprint density at radius 2 is 1.89 bits per heavy atom. The molecule has 2 atom stereocenters. The molecule has 6 heteroatoms. The highest BCUT2D eigenvalue weighted by Crippen LogP contribution is 2.36. The molecule has 1 fully saturated rings. The number of carbonyl (C=O) groups excluding carboxylic acids is 1. The van der Waals surface area contributed by atoms with Crippen molar-refractivity contribution in [3.05, 3.63) is 66.0 Å². The average Bonchev–Trinajstić information content (AvgIpc) is 2.70. The van der Waals surface area contributed by atoms with E-state index < -0.39 is 17.5 Å². The predicted molar refractivity (Wildman–Crippen MR) is 105 cm³/mol. The number of rotatable bonds is 7. The number of aliphatic hydroxyl groups is 1. The van der Waals surface area contributed by atoms with Crippen LogP contribution >= 0.6 is 0 Å². The van der Waals surface area contributed by atoms with Crippen molar-refractivity contribution < 1.29 is 19.8 Å². The van der Waals surface area contributed by atoms with Crippen LogP contribution in [0.3, 0.4) is 0 Å². The molecule has 2 N–H and O–H groups in total. The van der Waals surface area contributed by atoms with Crippen molar-refractivity contribution >= 4 is 11.9 Å². The third kappa shape index (κ3) is 4.57. The first kappa shape index (κ1) is 20.0. The molecule has 0 radical (unpaired) electrons.